The zero-order valence-corrected chi connectivity index (χ0v) is 11.7. The Hall–Kier alpha value is -0.160. The van der Waals surface area contributed by atoms with Gasteiger partial charge in [-0.25, -0.2) is 0 Å². The van der Waals surface area contributed by atoms with E-state index in [0.29, 0.717) is 12.6 Å². The van der Waals surface area contributed by atoms with Gasteiger partial charge in [0, 0.05) is 38.8 Å². The number of methoxy groups -OCH3 is 2. The van der Waals surface area contributed by atoms with Crippen LogP contribution in [0.4, 0.5) is 0 Å². The molecule has 1 saturated heterocycles. The number of ether oxygens (including phenoxy) is 2. The Morgan fingerprint density at radius 1 is 1.41 bits per heavy atom. The Labute approximate surface area is 105 Å². The van der Waals surface area contributed by atoms with Crippen LogP contribution >= 0.6 is 0 Å². The summed E-state index contributed by atoms with van der Waals surface area (Å²) >= 11 is 0. The topological polar surface area (TPSA) is 47.7 Å². The molecule has 1 rings (SSSR count). The smallest absolute Gasteiger partial charge is 0.158 e. The number of nitrogens with zero attached hydrogens (tertiary/aromatic N) is 1. The lowest BCUT2D eigenvalue weighted by molar-refractivity contribution is -0.129. The van der Waals surface area contributed by atoms with E-state index in [1.165, 1.54) is 19.3 Å². The fraction of sp³-hybridized carbons (Fsp3) is 1.00. The molecule has 2 unspecified atom stereocenters. The van der Waals surface area contributed by atoms with Crippen LogP contribution in [0.15, 0.2) is 0 Å². The first kappa shape index (κ1) is 14.9. The van der Waals surface area contributed by atoms with E-state index in [2.05, 4.69) is 18.7 Å². The van der Waals surface area contributed by atoms with Gasteiger partial charge in [-0.2, -0.15) is 0 Å². The largest absolute Gasteiger partial charge is 0.356 e. The highest BCUT2D eigenvalue weighted by molar-refractivity contribution is 4.94. The van der Waals surface area contributed by atoms with E-state index >= 15 is 0 Å². The van der Waals surface area contributed by atoms with E-state index in [4.69, 9.17) is 15.2 Å². The first-order valence-corrected chi connectivity index (χ1v) is 6.63. The average molecular weight is 244 g/mol. The SMILES string of the molecule is CCC1CCCN1C(C)(CN)CC(OC)OC. The molecule has 1 aliphatic heterocycles. The van der Waals surface area contributed by atoms with Crippen molar-refractivity contribution < 1.29 is 9.47 Å². The normalized spacial score (nSPS) is 25.4. The predicted molar refractivity (Wildman–Crippen MR) is 69.9 cm³/mol. The number of nitrogens with two attached hydrogens (primary N) is 1. The molecule has 0 aromatic carbocycles. The van der Waals surface area contributed by atoms with Crippen molar-refractivity contribution in [3.8, 4) is 0 Å². The molecule has 0 aliphatic carbocycles. The van der Waals surface area contributed by atoms with Crippen molar-refractivity contribution >= 4 is 0 Å². The van der Waals surface area contributed by atoms with Gasteiger partial charge in [-0.3, -0.25) is 4.90 Å². The summed E-state index contributed by atoms with van der Waals surface area (Å²) in [6, 6.07) is 0.665. The summed E-state index contributed by atoms with van der Waals surface area (Å²) in [5.41, 5.74) is 5.99. The summed E-state index contributed by atoms with van der Waals surface area (Å²) in [6.45, 7) is 6.27. The third-order valence-electron chi connectivity index (χ3n) is 4.11. The first-order valence-electron chi connectivity index (χ1n) is 6.63. The van der Waals surface area contributed by atoms with Crippen molar-refractivity contribution in [3.05, 3.63) is 0 Å². The highest BCUT2D eigenvalue weighted by atomic mass is 16.7. The van der Waals surface area contributed by atoms with E-state index in [1.807, 2.05) is 0 Å². The van der Waals surface area contributed by atoms with Crippen LogP contribution in [0.25, 0.3) is 0 Å². The molecule has 1 fully saturated rings. The molecule has 4 nitrogen and oxygen atoms in total. The summed E-state index contributed by atoms with van der Waals surface area (Å²) < 4.78 is 10.6. The van der Waals surface area contributed by atoms with E-state index in [-0.39, 0.29) is 11.8 Å². The third-order valence-corrected chi connectivity index (χ3v) is 4.11. The fourth-order valence-electron chi connectivity index (χ4n) is 2.91. The van der Waals surface area contributed by atoms with Crippen molar-refractivity contribution in [1.82, 2.24) is 4.90 Å². The molecule has 0 bridgehead atoms. The molecular formula is C13H28N2O2. The molecule has 1 heterocycles. The lowest BCUT2D eigenvalue weighted by atomic mass is 9.93. The second-order valence-corrected chi connectivity index (χ2v) is 5.20. The van der Waals surface area contributed by atoms with Gasteiger partial charge >= 0.3 is 0 Å². The maximum Gasteiger partial charge on any atom is 0.158 e. The minimum atomic E-state index is -0.165. The lowest BCUT2D eigenvalue weighted by Gasteiger charge is -2.43. The van der Waals surface area contributed by atoms with Gasteiger partial charge < -0.3 is 15.2 Å². The molecule has 2 N–H and O–H groups in total. The highest BCUT2D eigenvalue weighted by Gasteiger charge is 2.39. The van der Waals surface area contributed by atoms with Crippen LogP contribution in [0.2, 0.25) is 0 Å². The molecule has 0 amide bonds. The first-order chi connectivity index (χ1) is 8.11. The second-order valence-electron chi connectivity index (χ2n) is 5.20. The number of likely N-dealkylation sites (tertiary alicyclic amines) is 1. The minimum Gasteiger partial charge on any atom is -0.356 e. The fourth-order valence-corrected chi connectivity index (χ4v) is 2.91. The summed E-state index contributed by atoms with van der Waals surface area (Å²) in [5, 5.41) is 0. The molecule has 102 valence electrons. The van der Waals surface area contributed by atoms with Crippen molar-refractivity contribution in [2.45, 2.75) is 57.4 Å². The number of hydrogen-bond acceptors (Lipinski definition) is 4. The van der Waals surface area contributed by atoms with Crippen LogP contribution in [0.1, 0.15) is 39.5 Å². The molecule has 2 atom stereocenters. The number of hydrogen-bond donors (Lipinski definition) is 1. The van der Waals surface area contributed by atoms with Crippen LogP contribution in [-0.4, -0.2) is 50.1 Å². The summed E-state index contributed by atoms with van der Waals surface area (Å²) in [4.78, 5) is 2.55. The summed E-state index contributed by atoms with van der Waals surface area (Å²) in [5.74, 6) is 0. The quantitative estimate of drug-likeness (QED) is 0.691. The van der Waals surface area contributed by atoms with Crippen LogP contribution < -0.4 is 5.73 Å². The van der Waals surface area contributed by atoms with E-state index in [0.717, 1.165) is 13.0 Å². The molecular weight excluding hydrogens is 216 g/mol. The molecule has 0 radical (unpaired) electrons. The molecule has 1 aliphatic rings. The standard InChI is InChI=1S/C13H28N2O2/c1-5-11-7-6-8-15(11)13(2,10-14)9-12(16-3)17-4/h11-12H,5-10,14H2,1-4H3. The van der Waals surface area contributed by atoms with Crippen LogP contribution in [0.5, 0.6) is 0 Å². The molecule has 0 saturated carbocycles. The van der Waals surface area contributed by atoms with Crippen molar-refractivity contribution in [2.24, 2.45) is 5.73 Å². The molecule has 17 heavy (non-hydrogen) atoms. The van der Waals surface area contributed by atoms with Gasteiger partial charge in [0.25, 0.3) is 0 Å². The zero-order valence-electron chi connectivity index (χ0n) is 11.7. The highest BCUT2D eigenvalue weighted by Crippen LogP contribution is 2.31. The Morgan fingerprint density at radius 2 is 2.06 bits per heavy atom. The maximum absolute atomic E-state index is 6.01. The lowest BCUT2D eigenvalue weighted by Crippen LogP contribution is -2.55. The van der Waals surface area contributed by atoms with Crippen molar-refractivity contribution in [1.29, 1.82) is 0 Å². The average Bonchev–Trinajstić information content (AvgIpc) is 2.84. The van der Waals surface area contributed by atoms with E-state index in [9.17, 15) is 0 Å². The maximum atomic E-state index is 6.01. The monoisotopic (exact) mass is 244 g/mol. The van der Waals surface area contributed by atoms with Gasteiger partial charge in [-0.05, 0) is 32.7 Å². The van der Waals surface area contributed by atoms with E-state index < -0.39 is 0 Å². The van der Waals surface area contributed by atoms with Gasteiger partial charge in [-0.1, -0.05) is 6.92 Å². The Balaban J connectivity index is 2.72. The van der Waals surface area contributed by atoms with E-state index in [1.54, 1.807) is 14.2 Å². The summed E-state index contributed by atoms with van der Waals surface area (Å²) in [7, 11) is 3.37. The van der Waals surface area contributed by atoms with Crippen LogP contribution in [-0.2, 0) is 9.47 Å². The zero-order chi connectivity index (χ0) is 12.9. The Morgan fingerprint density at radius 3 is 2.53 bits per heavy atom. The number of rotatable bonds is 7. The Bertz CT molecular complexity index is 221. The van der Waals surface area contributed by atoms with Crippen molar-refractivity contribution in [2.75, 3.05) is 27.3 Å². The molecule has 0 aromatic rings. The van der Waals surface area contributed by atoms with Gasteiger partial charge in [-0.15, -0.1) is 0 Å². The predicted octanol–water partition coefficient (Wildman–Crippen LogP) is 1.59. The van der Waals surface area contributed by atoms with Gasteiger partial charge in [0.2, 0.25) is 0 Å². The summed E-state index contributed by atoms with van der Waals surface area (Å²) in [6.07, 6.45) is 4.42. The van der Waals surface area contributed by atoms with Crippen molar-refractivity contribution in [3.63, 3.8) is 0 Å². The third kappa shape index (κ3) is 3.41. The van der Waals surface area contributed by atoms with Crippen LogP contribution in [0.3, 0.4) is 0 Å². The second kappa shape index (κ2) is 6.69. The Kier molecular flexibility index (Phi) is 5.86. The van der Waals surface area contributed by atoms with Gasteiger partial charge in [0.05, 0.1) is 0 Å². The minimum absolute atomic E-state index is 0.0200. The van der Waals surface area contributed by atoms with Gasteiger partial charge in [0.15, 0.2) is 6.29 Å². The van der Waals surface area contributed by atoms with Crippen LogP contribution in [0, 0.1) is 0 Å². The molecule has 0 aromatic heterocycles. The molecule has 4 heteroatoms. The van der Waals surface area contributed by atoms with Gasteiger partial charge in [0.1, 0.15) is 0 Å². The molecule has 0 spiro atoms.